The fourth-order valence-electron chi connectivity index (χ4n) is 3.31. The Hall–Kier alpha value is -2.69. The molecule has 0 atom stereocenters. The minimum Gasteiger partial charge on any atom is -0.330 e. The summed E-state index contributed by atoms with van der Waals surface area (Å²) in [5.41, 5.74) is 2.36. The highest BCUT2D eigenvalue weighted by Crippen LogP contribution is 2.30. The number of rotatable bonds is 5. The first-order valence-corrected chi connectivity index (χ1v) is 8.84. The van der Waals surface area contributed by atoms with Crippen molar-refractivity contribution in [1.82, 2.24) is 9.88 Å². The quantitative estimate of drug-likeness (QED) is 0.844. The van der Waals surface area contributed by atoms with Gasteiger partial charge in [0.2, 0.25) is 5.91 Å². The Balaban J connectivity index is 1.57. The molecule has 2 heterocycles. The third-order valence-corrected chi connectivity index (χ3v) is 4.79. The van der Waals surface area contributed by atoms with Crippen LogP contribution in [0.1, 0.15) is 41.7 Å². The van der Waals surface area contributed by atoms with Crippen molar-refractivity contribution in [2.75, 3.05) is 11.4 Å². The molecular weight excluding hydrogens is 314 g/mol. The van der Waals surface area contributed by atoms with Crippen LogP contribution in [0, 0.1) is 0 Å². The zero-order chi connectivity index (χ0) is 17.2. The van der Waals surface area contributed by atoms with Crippen LogP contribution in [0.5, 0.6) is 0 Å². The van der Waals surface area contributed by atoms with Gasteiger partial charge < -0.3 is 9.80 Å². The first kappa shape index (κ1) is 15.8. The molecule has 1 aliphatic heterocycles. The lowest BCUT2D eigenvalue weighted by molar-refractivity contribution is -0.117. The van der Waals surface area contributed by atoms with E-state index >= 15 is 0 Å². The van der Waals surface area contributed by atoms with Crippen LogP contribution in [-0.4, -0.2) is 34.3 Å². The van der Waals surface area contributed by atoms with Crippen LogP contribution in [0.3, 0.4) is 0 Å². The van der Waals surface area contributed by atoms with Crippen molar-refractivity contribution in [3.63, 3.8) is 0 Å². The molecular formula is C20H21N3O2. The lowest BCUT2D eigenvalue weighted by Gasteiger charge is -2.23. The van der Waals surface area contributed by atoms with Crippen molar-refractivity contribution < 1.29 is 9.59 Å². The maximum absolute atomic E-state index is 13.1. The van der Waals surface area contributed by atoms with E-state index in [9.17, 15) is 9.59 Å². The summed E-state index contributed by atoms with van der Waals surface area (Å²) in [6.45, 7) is 1.26. The number of aromatic nitrogens is 1. The summed E-state index contributed by atoms with van der Waals surface area (Å²) >= 11 is 0. The number of carbonyl (C=O) groups is 2. The Bertz CT molecular complexity index is 787. The fourth-order valence-corrected chi connectivity index (χ4v) is 3.31. The Morgan fingerprint density at radius 3 is 2.76 bits per heavy atom. The molecule has 0 radical (unpaired) electrons. The number of pyridine rings is 1. The summed E-state index contributed by atoms with van der Waals surface area (Å²) in [4.78, 5) is 33.1. The van der Waals surface area contributed by atoms with E-state index in [0.717, 1.165) is 37.2 Å². The lowest BCUT2D eigenvalue weighted by Crippen LogP contribution is -2.33. The number of benzene rings is 1. The molecule has 1 saturated heterocycles. The summed E-state index contributed by atoms with van der Waals surface area (Å²) in [6.07, 6.45) is 5.31. The minimum atomic E-state index is 0.0154. The van der Waals surface area contributed by atoms with Gasteiger partial charge in [0.1, 0.15) is 0 Å². The zero-order valence-electron chi connectivity index (χ0n) is 14.1. The number of carbonyl (C=O) groups excluding carboxylic acids is 2. The summed E-state index contributed by atoms with van der Waals surface area (Å²) in [7, 11) is 0. The molecule has 5 nitrogen and oxygen atoms in total. The molecule has 0 N–H and O–H groups in total. The van der Waals surface area contributed by atoms with Gasteiger partial charge in [-0.1, -0.05) is 12.1 Å². The van der Waals surface area contributed by atoms with Gasteiger partial charge in [-0.3, -0.25) is 14.6 Å². The largest absolute Gasteiger partial charge is 0.330 e. The van der Waals surface area contributed by atoms with Crippen LogP contribution < -0.4 is 4.90 Å². The van der Waals surface area contributed by atoms with E-state index in [1.165, 1.54) is 0 Å². The zero-order valence-corrected chi connectivity index (χ0v) is 14.1. The molecule has 0 bridgehead atoms. The van der Waals surface area contributed by atoms with E-state index in [1.54, 1.807) is 11.1 Å². The maximum atomic E-state index is 13.1. The molecule has 1 aromatic heterocycles. The van der Waals surface area contributed by atoms with Crippen LogP contribution in [0.4, 0.5) is 5.69 Å². The third-order valence-electron chi connectivity index (χ3n) is 4.79. The summed E-state index contributed by atoms with van der Waals surface area (Å²) in [5.74, 6) is 0.152. The minimum absolute atomic E-state index is 0.0154. The molecule has 1 saturated carbocycles. The smallest absolute Gasteiger partial charge is 0.254 e. The molecule has 128 valence electrons. The summed E-state index contributed by atoms with van der Waals surface area (Å²) < 4.78 is 0. The Morgan fingerprint density at radius 1 is 1.20 bits per heavy atom. The van der Waals surface area contributed by atoms with Gasteiger partial charge in [-0.2, -0.15) is 0 Å². The number of hydrogen-bond donors (Lipinski definition) is 0. The molecule has 0 spiro atoms. The van der Waals surface area contributed by atoms with E-state index in [4.69, 9.17) is 0 Å². The monoisotopic (exact) mass is 335 g/mol. The first-order valence-electron chi connectivity index (χ1n) is 8.84. The van der Waals surface area contributed by atoms with Gasteiger partial charge in [-0.25, -0.2) is 0 Å². The van der Waals surface area contributed by atoms with Crippen molar-refractivity contribution in [1.29, 1.82) is 0 Å². The molecule has 2 aromatic rings. The average Bonchev–Trinajstić information content (AvgIpc) is 3.40. The van der Waals surface area contributed by atoms with Crippen molar-refractivity contribution >= 4 is 17.5 Å². The first-order chi connectivity index (χ1) is 12.2. The van der Waals surface area contributed by atoms with Crippen LogP contribution in [0.15, 0.2) is 48.7 Å². The Kier molecular flexibility index (Phi) is 4.22. The Morgan fingerprint density at radius 2 is 2.08 bits per heavy atom. The highest BCUT2D eigenvalue weighted by atomic mass is 16.2. The number of anilines is 1. The number of hydrogen-bond acceptors (Lipinski definition) is 3. The summed E-state index contributed by atoms with van der Waals surface area (Å²) in [6, 6.07) is 13.5. The van der Waals surface area contributed by atoms with Gasteiger partial charge in [-0.15, -0.1) is 0 Å². The van der Waals surface area contributed by atoms with Gasteiger partial charge in [0.15, 0.2) is 0 Å². The van der Waals surface area contributed by atoms with Gasteiger partial charge in [-0.05, 0) is 49.6 Å². The molecule has 2 fully saturated rings. The van der Waals surface area contributed by atoms with E-state index in [-0.39, 0.29) is 11.8 Å². The highest BCUT2D eigenvalue weighted by molar-refractivity contribution is 5.99. The molecule has 4 rings (SSSR count). The van der Waals surface area contributed by atoms with Crippen molar-refractivity contribution in [2.24, 2.45) is 0 Å². The van der Waals surface area contributed by atoms with Crippen LogP contribution in [0.25, 0.3) is 0 Å². The van der Waals surface area contributed by atoms with E-state index in [2.05, 4.69) is 4.98 Å². The molecule has 0 unspecified atom stereocenters. The van der Waals surface area contributed by atoms with E-state index < -0.39 is 0 Å². The molecule has 2 aliphatic rings. The van der Waals surface area contributed by atoms with Crippen LogP contribution in [-0.2, 0) is 11.3 Å². The molecule has 1 aromatic carbocycles. The third kappa shape index (κ3) is 3.40. The normalized spacial score (nSPS) is 17.0. The van der Waals surface area contributed by atoms with Gasteiger partial charge in [0, 0.05) is 36.5 Å². The fraction of sp³-hybridized carbons (Fsp3) is 0.350. The predicted octanol–water partition coefficient (Wildman–Crippen LogP) is 3.01. The molecule has 25 heavy (non-hydrogen) atoms. The second-order valence-corrected chi connectivity index (χ2v) is 6.68. The van der Waals surface area contributed by atoms with Crippen LogP contribution >= 0.6 is 0 Å². The maximum Gasteiger partial charge on any atom is 0.254 e. The Labute approximate surface area is 147 Å². The van der Waals surface area contributed by atoms with E-state index in [0.29, 0.717) is 24.6 Å². The summed E-state index contributed by atoms with van der Waals surface area (Å²) in [5, 5.41) is 0. The second kappa shape index (κ2) is 6.67. The molecule has 2 amide bonds. The second-order valence-electron chi connectivity index (χ2n) is 6.68. The topological polar surface area (TPSA) is 53.5 Å². The van der Waals surface area contributed by atoms with Gasteiger partial charge >= 0.3 is 0 Å². The standard InChI is InChI=1S/C20H21N3O2/c24-19-8-4-12-22(19)18-7-3-5-15(13-18)20(25)23(17-9-10-17)14-16-6-1-2-11-21-16/h1-3,5-7,11,13,17H,4,8-10,12,14H2. The average molecular weight is 335 g/mol. The van der Waals surface area contributed by atoms with Crippen molar-refractivity contribution in [3.05, 3.63) is 59.9 Å². The number of nitrogens with zero attached hydrogens (tertiary/aromatic N) is 3. The van der Waals surface area contributed by atoms with Gasteiger partial charge in [0.05, 0.1) is 12.2 Å². The van der Waals surface area contributed by atoms with Crippen molar-refractivity contribution in [2.45, 2.75) is 38.3 Å². The van der Waals surface area contributed by atoms with Crippen LogP contribution in [0.2, 0.25) is 0 Å². The van der Waals surface area contributed by atoms with Crippen molar-refractivity contribution in [3.8, 4) is 0 Å². The molecule has 1 aliphatic carbocycles. The SMILES string of the molecule is O=C1CCCN1c1cccc(C(=O)N(Cc2ccccn2)C2CC2)c1. The predicted molar refractivity (Wildman–Crippen MR) is 95.2 cm³/mol. The number of amides is 2. The van der Waals surface area contributed by atoms with E-state index in [1.807, 2.05) is 47.4 Å². The molecule has 5 heteroatoms. The highest BCUT2D eigenvalue weighted by Gasteiger charge is 2.33. The van der Waals surface area contributed by atoms with Gasteiger partial charge in [0.25, 0.3) is 5.91 Å². The lowest BCUT2D eigenvalue weighted by atomic mass is 10.1.